The number of carbonyl (C=O) groups excluding carboxylic acids is 1. The quantitative estimate of drug-likeness (QED) is 0.819. The lowest BCUT2D eigenvalue weighted by atomic mass is 9.97. The van der Waals surface area contributed by atoms with Crippen LogP contribution in [0.25, 0.3) is 0 Å². The molecule has 6 nitrogen and oxygen atoms in total. The number of hydrogen-bond acceptors (Lipinski definition) is 5. The van der Waals surface area contributed by atoms with E-state index in [1.807, 2.05) is 35.2 Å². The molecule has 0 N–H and O–H groups in total. The monoisotopic (exact) mass is 360 g/mol. The Kier molecular flexibility index (Phi) is 5.55. The van der Waals surface area contributed by atoms with Crippen LogP contribution in [0.3, 0.4) is 0 Å². The van der Waals surface area contributed by atoms with Crippen molar-refractivity contribution in [3.05, 3.63) is 30.3 Å². The zero-order valence-corrected chi connectivity index (χ0v) is 15.3. The number of nitrogens with zero attached hydrogens (tertiary/aromatic N) is 2. The van der Waals surface area contributed by atoms with Crippen LogP contribution in [0.5, 0.6) is 0 Å². The number of morpholine rings is 1. The largest absolute Gasteiger partial charge is 0.381 e. The molecule has 3 fully saturated rings. The average Bonchev–Trinajstić information content (AvgIpc) is 2.88. The maximum absolute atomic E-state index is 12.4. The maximum atomic E-state index is 12.4. The van der Waals surface area contributed by atoms with Gasteiger partial charge in [-0.25, -0.2) is 0 Å². The molecule has 3 aliphatic heterocycles. The van der Waals surface area contributed by atoms with E-state index >= 15 is 0 Å². The van der Waals surface area contributed by atoms with Gasteiger partial charge in [0.15, 0.2) is 0 Å². The van der Waals surface area contributed by atoms with E-state index in [4.69, 9.17) is 14.2 Å². The third-order valence-electron chi connectivity index (χ3n) is 5.60. The number of amides is 1. The third kappa shape index (κ3) is 4.09. The summed E-state index contributed by atoms with van der Waals surface area (Å²) in [4.78, 5) is 16.7. The molecule has 1 amide bonds. The van der Waals surface area contributed by atoms with E-state index in [0.717, 1.165) is 51.4 Å². The summed E-state index contributed by atoms with van der Waals surface area (Å²) in [5.41, 5.74) is 0.478. The Labute approximate surface area is 155 Å². The third-order valence-corrected chi connectivity index (χ3v) is 5.60. The van der Waals surface area contributed by atoms with Gasteiger partial charge in [-0.3, -0.25) is 9.69 Å². The van der Waals surface area contributed by atoms with Crippen molar-refractivity contribution in [1.82, 2.24) is 4.90 Å². The van der Waals surface area contributed by atoms with Crippen LogP contribution in [0, 0.1) is 5.92 Å². The summed E-state index contributed by atoms with van der Waals surface area (Å²) in [6, 6.07) is 9.86. The topological polar surface area (TPSA) is 51.2 Å². The molecule has 142 valence electrons. The van der Waals surface area contributed by atoms with Gasteiger partial charge in [-0.2, -0.15) is 0 Å². The molecule has 1 aromatic rings. The minimum atomic E-state index is -0.453. The highest BCUT2D eigenvalue weighted by molar-refractivity contribution is 5.95. The van der Waals surface area contributed by atoms with Crippen molar-refractivity contribution in [1.29, 1.82) is 0 Å². The van der Waals surface area contributed by atoms with Gasteiger partial charge < -0.3 is 19.1 Å². The van der Waals surface area contributed by atoms with Crippen LogP contribution in [0.1, 0.15) is 12.8 Å². The standard InChI is InChI=1S/C20H28N2O4/c23-19-13-26-20(15-22(19)18-4-2-1-3-5-18)14-21(8-11-25-16-20)12-17-6-9-24-10-7-17/h1-5,17H,6-16H2/t20-/m0/s1. The summed E-state index contributed by atoms with van der Waals surface area (Å²) < 4.78 is 17.5. The van der Waals surface area contributed by atoms with Gasteiger partial charge in [0.05, 0.1) is 19.8 Å². The van der Waals surface area contributed by atoms with Gasteiger partial charge in [0.25, 0.3) is 5.91 Å². The lowest BCUT2D eigenvalue weighted by molar-refractivity contribution is -0.146. The molecule has 0 unspecified atom stereocenters. The molecule has 0 radical (unpaired) electrons. The minimum Gasteiger partial charge on any atom is -0.381 e. The molecule has 26 heavy (non-hydrogen) atoms. The van der Waals surface area contributed by atoms with Crippen molar-refractivity contribution in [3.63, 3.8) is 0 Å². The number of para-hydroxylation sites is 1. The van der Waals surface area contributed by atoms with Crippen LogP contribution in [0.2, 0.25) is 0 Å². The van der Waals surface area contributed by atoms with Gasteiger partial charge in [-0.15, -0.1) is 0 Å². The van der Waals surface area contributed by atoms with Gasteiger partial charge in [0, 0.05) is 38.5 Å². The SMILES string of the molecule is O=C1CO[C@]2(COCCN(CC3CCOCC3)C2)CN1c1ccccc1. The Morgan fingerprint density at radius 1 is 1.04 bits per heavy atom. The van der Waals surface area contributed by atoms with Crippen molar-refractivity contribution < 1.29 is 19.0 Å². The van der Waals surface area contributed by atoms with E-state index in [1.54, 1.807) is 0 Å². The molecule has 0 bridgehead atoms. The Hall–Kier alpha value is -1.47. The zero-order chi connectivity index (χ0) is 17.8. The summed E-state index contributed by atoms with van der Waals surface area (Å²) in [5, 5.41) is 0. The number of carbonyl (C=O) groups is 1. The first-order chi connectivity index (χ1) is 12.7. The van der Waals surface area contributed by atoms with Crippen LogP contribution >= 0.6 is 0 Å². The Morgan fingerprint density at radius 3 is 2.65 bits per heavy atom. The van der Waals surface area contributed by atoms with Gasteiger partial charge in [0.1, 0.15) is 12.2 Å². The number of rotatable bonds is 3. The number of ether oxygens (including phenoxy) is 3. The first-order valence-electron chi connectivity index (χ1n) is 9.61. The first-order valence-corrected chi connectivity index (χ1v) is 9.61. The zero-order valence-electron chi connectivity index (χ0n) is 15.3. The number of benzene rings is 1. The minimum absolute atomic E-state index is 0.0158. The Balaban J connectivity index is 1.47. The molecule has 0 saturated carbocycles. The predicted molar refractivity (Wildman–Crippen MR) is 98.3 cm³/mol. The maximum Gasteiger partial charge on any atom is 0.253 e. The highest BCUT2D eigenvalue weighted by Gasteiger charge is 2.43. The summed E-state index contributed by atoms with van der Waals surface area (Å²) in [5.74, 6) is 0.691. The van der Waals surface area contributed by atoms with Crippen LogP contribution in [0.4, 0.5) is 5.69 Å². The second-order valence-electron chi connectivity index (χ2n) is 7.63. The van der Waals surface area contributed by atoms with Gasteiger partial charge >= 0.3 is 0 Å². The molecule has 3 saturated heterocycles. The van der Waals surface area contributed by atoms with Gasteiger partial charge in [-0.05, 0) is 30.9 Å². The predicted octanol–water partition coefficient (Wildman–Crippen LogP) is 1.55. The van der Waals surface area contributed by atoms with E-state index in [2.05, 4.69) is 4.90 Å². The molecule has 1 atom stereocenters. The smallest absolute Gasteiger partial charge is 0.253 e. The molecule has 1 aromatic carbocycles. The lowest BCUT2D eigenvalue weighted by Crippen LogP contribution is -2.61. The summed E-state index contributed by atoms with van der Waals surface area (Å²) in [6.45, 7) is 6.42. The van der Waals surface area contributed by atoms with Crippen molar-refractivity contribution in [2.75, 3.05) is 64.1 Å². The molecule has 1 spiro atoms. The van der Waals surface area contributed by atoms with Crippen molar-refractivity contribution in [2.24, 2.45) is 5.92 Å². The Bertz CT molecular complexity index is 605. The van der Waals surface area contributed by atoms with Crippen LogP contribution in [-0.2, 0) is 19.0 Å². The number of anilines is 1. The summed E-state index contributed by atoms with van der Waals surface area (Å²) in [6.07, 6.45) is 2.25. The lowest BCUT2D eigenvalue weighted by Gasteiger charge is -2.43. The van der Waals surface area contributed by atoms with Crippen LogP contribution in [-0.4, -0.2) is 75.6 Å². The highest BCUT2D eigenvalue weighted by Crippen LogP contribution is 2.28. The molecule has 3 aliphatic rings. The van der Waals surface area contributed by atoms with Crippen LogP contribution in [0.15, 0.2) is 30.3 Å². The molecule has 0 aromatic heterocycles. The molecule has 6 heteroatoms. The summed E-state index contributed by atoms with van der Waals surface area (Å²) >= 11 is 0. The molecule has 0 aliphatic carbocycles. The fourth-order valence-electron chi connectivity index (χ4n) is 4.17. The Morgan fingerprint density at radius 2 is 1.85 bits per heavy atom. The van der Waals surface area contributed by atoms with Crippen molar-refractivity contribution in [3.8, 4) is 0 Å². The first kappa shape index (κ1) is 17.9. The molecule has 4 rings (SSSR count). The summed E-state index contributed by atoms with van der Waals surface area (Å²) in [7, 11) is 0. The average molecular weight is 360 g/mol. The van der Waals surface area contributed by atoms with E-state index in [1.165, 1.54) is 0 Å². The van der Waals surface area contributed by atoms with Crippen molar-refractivity contribution in [2.45, 2.75) is 18.4 Å². The molecular weight excluding hydrogens is 332 g/mol. The van der Waals surface area contributed by atoms with Gasteiger partial charge in [0.2, 0.25) is 0 Å². The fraction of sp³-hybridized carbons (Fsp3) is 0.650. The molecular formula is C20H28N2O4. The van der Waals surface area contributed by atoms with Crippen molar-refractivity contribution >= 4 is 11.6 Å². The molecule has 3 heterocycles. The highest BCUT2D eigenvalue weighted by atomic mass is 16.6. The van der Waals surface area contributed by atoms with E-state index < -0.39 is 5.60 Å². The second kappa shape index (κ2) is 8.05. The van der Waals surface area contributed by atoms with Gasteiger partial charge in [-0.1, -0.05) is 18.2 Å². The van der Waals surface area contributed by atoms with E-state index in [0.29, 0.717) is 25.7 Å². The number of hydrogen-bond donors (Lipinski definition) is 0. The normalized spacial score (nSPS) is 29.1. The fourth-order valence-corrected chi connectivity index (χ4v) is 4.17. The van der Waals surface area contributed by atoms with Crippen LogP contribution < -0.4 is 4.90 Å². The second-order valence-corrected chi connectivity index (χ2v) is 7.63. The van der Waals surface area contributed by atoms with E-state index in [-0.39, 0.29) is 12.5 Å². The van der Waals surface area contributed by atoms with E-state index in [9.17, 15) is 4.79 Å².